The largest absolute Gasteiger partial charge is 0.437 e. The van der Waals surface area contributed by atoms with Crippen LogP contribution in [-0.4, -0.2) is 39.8 Å². The number of fused-ring (bicyclic) bond motifs is 1. The molecular weight excluding hydrogens is 428 g/mol. The van der Waals surface area contributed by atoms with Crippen molar-refractivity contribution in [2.24, 2.45) is 0 Å². The lowest BCUT2D eigenvalue weighted by Crippen LogP contribution is -2.40. The smallest absolute Gasteiger partial charge is 0.237 e. The highest BCUT2D eigenvalue weighted by Crippen LogP contribution is 2.45. The highest BCUT2D eigenvalue weighted by molar-refractivity contribution is 5.95. The molecule has 1 atom stereocenters. The van der Waals surface area contributed by atoms with Gasteiger partial charge in [-0.15, -0.1) is 0 Å². The maximum absolute atomic E-state index is 12.5. The van der Waals surface area contributed by atoms with Crippen molar-refractivity contribution in [3.8, 4) is 28.8 Å². The number of hydrogen-bond donors (Lipinski definition) is 1. The van der Waals surface area contributed by atoms with Crippen LogP contribution in [0.5, 0.6) is 11.6 Å². The zero-order valence-corrected chi connectivity index (χ0v) is 19.5. The van der Waals surface area contributed by atoms with Crippen LogP contribution in [0.4, 0.5) is 5.69 Å². The fraction of sp³-hybridized carbons (Fsp3) is 0.385. The molecule has 174 valence electrons. The average Bonchev–Trinajstić information content (AvgIpc) is 3.35. The van der Waals surface area contributed by atoms with E-state index in [1.54, 1.807) is 25.3 Å². The summed E-state index contributed by atoms with van der Waals surface area (Å²) in [6.07, 6.45) is 9.23. The first-order valence-corrected chi connectivity index (χ1v) is 11.8. The standard InChI is InChI=1S/C26H28N6O2/c1-17-5-6-23-24(32(17)18(2)33)8-7-22(25(23)34-26-19(14-27)4-3-11-29-26)20-15-30-31(16-20)21-9-12-28-13-10-21/h3-4,7-8,11,15-17,21,28H,5-6,9-10,12-13H2,1-2H3. The van der Waals surface area contributed by atoms with Crippen molar-refractivity contribution in [1.29, 1.82) is 5.26 Å². The molecule has 5 rings (SSSR count). The van der Waals surface area contributed by atoms with Crippen LogP contribution in [0.1, 0.15) is 50.3 Å². The number of ether oxygens (including phenoxy) is 1. The Bertz CT molecular complexity index is 1250. The minimum atomic E-state index is 0.00132. The molecule has 2 aliphatic heterocycles. The van der Waals surface area contributed by atoms with E-state index in [4.69, 9.17) is 4.74 Å². The van der Waals surface area contributed by atoms with E-state index in [1.165, 1.54) is 0 Å². The number of aromatic nitrogens is 3. The van der Waals surface area contributed by atoms with Gasteiger partial charge in [-0.3, -0.25) is 9.48 Å². The summed E-state index contributed by atoms with van der Waals surface area (Å²) in [5, 5.41) is 17.6. The SMILES string of the molecule is CC(=O)N1c2ccc(-c3cnn(C4CCNCC4)c3)c(Oc3ncccc3C#N)c2CCC1C. The van der Waals surface area contributed by atoms with Gasteiger partial charge in [-0.2, -0.15) is 10.4 Å². The predicted molar refractivity (Wildman–Crippen MR) is 129 cm³/mol. The number of hydrogen-bond acceptors (Lipinski definition) is 6. The van der Waals surface area contributed by atoms with E-state index in [1.807, 2.05) is 27.9 Å². The Morgan fingerprint density at radius 2 is 2.06 bits per heavy atom. The van der Waals surface area contributed by atoms with Crippen LogP contribution < -0.4 is 15.0 Å². The number of benzene rings is 1. The summed E-state index contributed by atoms with van der Waals surface area (Å²) in [4.78, 5) is 18.6. The highest BCUT2D eigenvalue weighted by atomic mass is 16.5. The van der Waals surface area contributed by atoms with Gasteiger partial charge >= 0.3 is 0 Å². The van der Waals surface area contributed by atoms with E-state index >= 15 is 0 Å². The maximum Gasteiger partial charge on any atom is 0.237 e. The normalized spacial score (nSPS) is 18.3. The molecular formula is C26H28N6O2. The van der Waals surface area contributed by atoms with Gasteiger partial charge in [0, 0.05) is 42.0 Å². The molecule has 0 bridgehead atoms. The second-order valence-electron chi connectivity index (χ2n) is 8.98. The molecule has 34 heavy (non-hydrogen) atoms. The summed E-state index contributed by atoms with van der Waals surface area (Å²) in [5.74, 6) is 0.899. The summed E-state index contributed by atoms with van der Waals surface area (Å²) < 4.78 is 8.43. The van der Waals surface area contributed by atoms with Crippen LogP contribution >= 0.6 is 0 Å². The lowest BCUT2D eigenvalue weighted by atomic mass is 9.92. The molecule has 1 fully saturated rings. The molecule has 1 amide bonds. The van der Waals surface area contributed by atoms with Crippen molar-refractivity contribution in [3.05, 3.63) is 54.0 Å². The Balaban J connectivity index is 1.63. The van der Waals surface area contributed by atoms with Crippen LogP contribution in [0.3, 0.4) is 0 Å². The number of nitrogens with zero attached hydrogens (tertiary/aromatic N) is 5. The van der Waals surface area contributed by atoms with Crippen LogP contribution in [0.15, 0.2) is 42.9 Å². The highest BCUT2D eigenvalue weighted by Gasteiger charge is 2.31. The third-order valence-electron chi connectivity index (χ3n) is 6.77. The molecule has 0 radical (unpaired) electrons. The van der Waals surface area contributed by atoms with Gasteiger partial charge in [-0.25, -0.2) is 4.98 Å². The summed E-state index contributed by atoms with van der Waals surface area (Å²) in [6, 6.07) is 10.0. The monoisotopic (exact) mass is 456 g/mol. The fourth-order valence-corrected chi connectivity index (χ4v) is 5.03. The quantitative estimate of drug-likeness (QED) is 0.631. The van der Waals surface area contributed by atoms with Crippen molar-refractivity contribution in [1.82, 2.24) is 20.1 Å². The second-order valence-corrected chi connectivity index (χ2v) is 8.98. The number of piperidine rings is 1. The minimum absolute atomic E-state index is 0.00132. The van der Waals surface area contributed by atoms with Gasteiger partial charge < -0.3 is 15.0 Å². The third-order valence-corrected chi connectivity index (χ3v) is 6.77. The minimum Gasteiger partial charge on any atom is -0.437 e. The van der Waals surface area contributed by atoms with E-state index in [9.17, 15) is 10.1 Å². The molecule has 8 nitrogen and oxygen atoms in total. The van der Waals surface area contributed by atoms with Gasteiger partial charge in [-0.1, -0.05) is 0 Å². The molecule has 1 saturated heterocycles. The Labute approximate surface area is 199 Å². The summed E-state index contributed by atoms with van der Waals surface area (Å²) >= 11 is 0. The van der Waals surface area contributed by atoms with Gasteiger partial charge in [0.25, 0.3) is 0 Å². The molecule has 3 aromatic rings. The molecule has 1 unspecified atom stereocenters. The number of amides is 1. The fourth-order valence-electron chi connectivity index (χ4n) is 5.03. The van der Waals surface area contributed by atoms with Gasteiger partial charge in [0.05, 0.1) is 17.9 Å². The van der Waals surface area contributed by atoms with Crippen molar-refractivity contribution in [2.75, 3.05) is 18.0 Å². The van der Waals surface area contributed by atoms with Gasteiger partial charge in [0.15, 0.2) is 0 Å². The Morgan fingerprint density at radius 3 is 2.82 bits per heavy atom. The topological polar surface area (TPSA) is 96.1 Å². The van der Waals surface area contributed by atoms with Gasteiger partial charge in [0.2, 0.25) is 11.8 Å². The average molecular weight is 457 g/mol. The molecule has 0 spiro atoms. The number of carbonyl (C=O) groups is 1. The summed E-state index contributed by atoms with van der Waals surface area (Å²) in [5.41, 5.74) is 3.99. The van der Waals surface area contributed by atoms with Crippen molar-refractivity contribution >= 4 is 11.6 Å². The number of anilines is 1. The number of carbonyl (C=O) groups excluding carboxylic acids is 1. The van der Waals surface area contributed by atoms with Crippen molar-refractivity contribution in [2.45, 2.75) is 51.6 Å². The molecule has 2 aliphatic rings. The van der Waals surface area contributed by atoms with Crippen LogP contribution in [0.25, 0.3) is 11.1 Å². The first-order valence-electron chi connectivity index (χ1n) is 11.8. The van der Waals surface area contributed by atoms with Crippen molar-refractivity contribution < 1.29 is 9.53 Å². The van der Waals surface area contributed by atoms with Crippen LogP contribution in [0, 0.1) is 11.3 Å². The van der Waals surface area contributed by atoms with Crippen LogP contribution in [-0.2, 0) is 11.2 Å². The molecule has 0 saturated carbocycles. The lowest BCUT2D eigenvalue weighted by Gasteiger charge is -2.35. The Morgan fingerprint density at radius 1 is 1.24 bits per heavy atom. The van der Waals surface area contributed by atoms with E-state index in [0.29, 0.717) is 17.4 Å². The maximum atomic E-state index is 12.5. The molecule has 2 aromatic heterocycles. The number of rotatable bonds is 4. The van der Waals surface area contributed by atoms with E-state index in [2.05, 4.69) is 34.6 Å². The van der Waals surface area contributed by atoms with E-state index < -0.39 is 0 Å². The number of nitrogens with one attached hydrogen (secondary N) is 1. The van der Waals surface area contributed by atoms with E-state index in [-0.39, 0.29) is 17.8 Å². The lowest BCUT2D eigenvalue weighted by molar-refractivity contribution is -0.117. The first-order chi connectivity index (χ1) is 16.6. The molecule has 0 aliphatic carbocycles. The van der Waals surface area contributed by atoms with Gasteiger partial charge in [-0.05, 0) is 70.0 Å². The molecule has 1 aromatic carbocycles. The zero-order valence-electron chi connectivity index (χ0n) is 19.5. The number of nitriles is 1. The first kappa shape index (κ1) is 22.1. The van der Waals surface area contributed by atoms with Gasteiger partial charge in [0.1, 0.15) is 17.4 Å². The Kier molecular flexibility index (Phi) is 6.03. The molecule has 1 N–H and O–H groups in total. The van der Waals surface area contributed by atoms with E-state index in [0.717, 1.165) is 61.2 Å². The van der Waals surface area contributed by atoms with Crippen molar-refractivity contribution in [3.63, 3.8) is 0 Å². The summed E-state index contributed by atoms with van der Waals surface area (Å²) in [7, 11) is 0. The Hall–Kier alpha value is -3.70. The molecule has 8 heteroatoms. The summed E-state index contributed by atoms with van der Waals surface area (Å²) in [6.45, 7) is 5.63. The number of pyridine rings is 1. The van der Waals surface area contributed by atoms with Crippen LogP contribution in [0.2, 0.25) is 0 Å². The predicted octanol–water partition coefficient (Wildman–Crippen LogP) is 4.22. The third kappa shape index (κ3) is 4.03. The second kappa shape index (κ2) is 9.27. The zero-order chi connectivity index (χ0) is 23.7. The molecule has 4 heterocycles.